The highest BCUT2D eigenvalue weighted by Gasteiger charge is 2.19. The van der Waals surface area contributed by atoms with Gasteiger partial charge in [-0.2, -0.15) is 0 Å². The molecule has 1 aromatic heterocycles. The van der Waals surface area contributed by atoms with Gasteiger partial charge in [0.25, 0.3) is 0 Å². The van der Waals surface area contributed by atoms with Gasteiger partial charge in [0.2, 0.25) is 5.89 Å². The highest BCUT2D eigenvalue weighted by atomic mass is 16.4. The van der Waals surface area contributed by atoms with Crippen LogP contribution in [0.5, 0.6) is 0 Å². The Morgan fingerprint density at radius 3 is 3.19 bits per heavy atom. The van der Waals surface area contributed by atoms with Crippen LogP contribution in [0.2, 0.25) is 0 Å². The minimum absolute atomic E-state index is 0.620. The predicted molar refractivity (Wildman–Crippen MR) is 63.2 cm³/mol. The largest absolute Gasteiger partial charge is 0.444 e. The van der Waals surface area contributed by atoms with Crippen molar-refractivity contribution >= 4 is 0 Å². The van der Waals surface area contributed by atoms with Gasteiger partial charge < -0.3 is 9.73 Å². The van der Waals surface area contributed by atoms with Gasteiger partial charge in [-0.15, -0.1) is 0 Å². The topological polar surface area (TPSA) is 41.3 Å². The molecule has 1 saturated heterocycles. The third-order valence-corrected chi connectivity index (χ3v) is 3.22. The molecule has 0 aliphatic carbocycles. The molecule has 4 heteroatoms. The molecule has 2 heterocycles. The van der Waals surface area contributed by atoms with E-state index in [1.807, 2.05) is 13.2 Å². The number of rotatable bonds is 4. The molecule has 0 bridgehead atoms. The Hall–Kier alpha value is -0.870. The van der Waals surface area contributed by atoms with Crippen molar-refractivity contribution in [2.45, 2.75) is 38.8 Å². The molecule has 0 amide bonds. The van der Waals surface area contributed by atoms with Gasteiger partial charge >= 0.3 is 0 Å². The fourth-order valence-corrected chi connectivity index (χ4v) is 2.21. The summed E-state index contributed by atoms with van der Waals surface area (Å²) >= 11 is 0. The number of piperidine rings is 1. The molecule has 1 aliphatic rings. The van der Waals surface area contributed by atoms with E-state index in [0.717, 1.165) is 37.7 Å². The summed E-state index contributed by atoms with van der Waals surface area (Å²) in [4.78, 5) is 6.72. The predicted octanol–water partition coefficient (Wildman–Crippen LogP) is 1.42. The highest BCUT2D eigenvalue weighted by Crippen LogP contribution is 2.13. The van der Waals surface area contributed by atoms with Crippen LogP contribution in [0.25, 0.3) is 0 Å². The van der Waals surface area contributed by atoms with Crippen molar-refractivity contribution in [2.75, 3.05) is 20.1 Å². The number of nitrogens with zero attached hydrogens (tertiary/aromatic N) is 2. The van der Waals surface area contributed by atoms with Crippen LogP contribution < -0.4 is 5.32 Å². The number of aryl methyl sites for hydroxylation is 1. The Morgan fingerprint density at radius 2 is 2.50 bits per heavy atom. The van der Waals surface area contributed by atoms with Crippen LogP contribution in [0, 0.1) is 0 Å². The number of likely N-dealkylation sites (N-methyl/N-ethyl adjacent to an activating group) is 1. The maximum absolute atomic E-state index is 5.63. The molecule has 90 valence electrons. The number of hydrogen-bond donors (Lipinski definition) is 1. The van der Waals surface area contributed by atoms with Crippen LogP contribution in [-0.4, -0.2) is 36.1 Å². The van der Waals surface area contributed by atoms with Crippen molar-refractivity contribution in [2.24, 2.45) is 0 Å². The average molecular weight is 223 g/mol. The summed E-state index contributed by atoms with van der Waals surface area (Å²) < 4.78 is 5.63. The smallest absolute Gasteiger partial charge is 0.208 e. The first kappa shape index (κ1) is 11.6. The summed E-state index contributed by atoms with van der Waals surface area (Å²) in [7, 11) is 2.04. The van der Waals surface area contributed by atoms with Crippen LogP contribution >= 0.6 is 0 Å². The van der Waals surface area contributed by atoms with Crippen molar-refractivity contribution in [1.29, 1.82) is 0 Å². The standard InChI is InChI=1S/C12H21N3O/c1-3-11-7-14-12(16-11)9-15-6-4-5-10(8-15)13-2/h7,10,13H,3-6,8-9H2,1-2H3. The number of oxazole rings is 1. The lowest BCUT2D eigenvalue weighted by Crippen LogP contribution is -2.43. The van der Waals surface area contributed by atoms with Gasteiger partial charge in [0, 0.05) is 19.0 Å². The zero-order valence-electron chi connectivity index (χ0n) is 10.2. The maximum atomic E-state index is 5.63. The minimum atomic E-state index is 0.620. The fraction of sp³-hybridized carbons (Fsp3) is 0.750. The Morgan fingerprint density at radius 1 is 1.62 bits per heavy atom. The number of nitrogens with one attached hydrogen (secondary N) is 1. The molecule has 1 unspecified atom stereocenters. The Labute approximate surface area is 97.0 Å². The lowest BCUT2D eigenvalue weighted by molar-refractivity contribution is 0.172. The Kier molecular flexibility index (Phi) is 3.96. The minimum Gasteiger partial charge on any atom is -0.444 e. The lowest BCUT2D eigenvalue weighted by Gasteiger charge is -2.31. The van der Waals surface area contributed by atoms with E-state index in [1.54, 1.807) is 0 Å². The molecule has 1 aromatic rings. The quantitative estimate of drug-likeness (QED) is 0.838. The van der Waals surface area contributed by atoms with E-state index in [4.69, 9.17) is 4.42 Å². The molecular formula is C12H21N3O. The highest BCUT2D eigenvalue weighted by molar-refractivity contribution is 4.94. The van der Waals surface area contributed by atoms with Gasteiger partial charge in [-0.05, 0) is 26.4 Å². The molecule has 0 saturated carbocycles. The van der Waals surface area contributed by atoms with Gasteiger partial charge in [0.05, 0.1) is 12.7 Å². The van der Waals surface area contributed by atoms with Gasteiger partial charge in [0.15, 0.2) is 0 Å². The Balaban J connectivity index is 1.88. The van der Waals surface area contributed by atoms with Crippen molar-refractivity contribution in [3.05, 3.63) is 17.8 Å². The van der Waals surface area contributed by atoms with Crippen LogP contribution in [0.15, 0.2) is 10.6 Å². The zero-order valence-corrected chi connectivity index (χ0v) is 10.2. The van der Waals surface area contributed by atoms with Crippen molar-refractivity contribution < 1.29 is 4.42 Å². The van der Waals surface area contributed by atoms with Crippen molar-refractivity contribution in [3.8, 4) is 0 Å². The fourth-order valence-electron chi connectivity index (χ4n) is 2.21. The summed E-state index contributed by atoms with van der Waals surface area (Å²) in [6, 6.07) is 0.620. The molecule has 2 rings (SSSR count). The second-order valence-electron chi connectivity index (χ2n) is 4.44. The zero-order chi connectivity index (χ0) is 11.4. The van der Waals surface area contributed by atoms with Crippen LogP contribution in [0.4, 0.5) is 0 Å². The molecule has 0 aromatic carbocycles. The van der Waals surface area contributed by atoms with E-state index in [9.17, 15) is 0 Å². The number of hydrogen-bond acceptors (Lipinski definition) is 4. The monoisotopic (exact) mass is 223 g/mol. The van der Waals surface area contributed by atoms with Crippen LogP contribution in [0.1, 0.15) is 31.4 Å². The second-order valence-corrected chi connectivity index (χ2v) is 4.44. The van der Waals surface area contributed by atoms with Gasteiger partial charge in [-0.3, -0.25) is 4.90 Å². The van der Waals surface area contributed by atoms with Crippen LogP contribution in [-0.2, 0) is 13.0 Å². The van der Waals surface area contributed by atoms with E-state index in [-0.39, 0.29) is 0 Å². The molecule has 1 fully saturated rings. The van der Waals surface area contributed by atoms with Gasteiger partial charge in [-0.25, -0.2) is 4.98 Å². The van der Waals surface area contributed by atoms with E-state index in [1.165, 1.54) is 12.8 Å². The third kappa shape index (κ3) is 2.83. The normalized spacial score (nSPS) is 22.5. The summed E-state index contributed by atoms with van der Waals surface area (Å²) in [5.41, 5.74) is 0. The van der Waals surface area contributed by atoms with Gasteiger partial charge in [0.1, 0.15) is 5.76 Å². The molecule has 16 heavy (non-hydrogen) atoms. The molecule has 4 nitrogen and oxygen atoms in total. The number of aromatic nitrogens is 1. The van der Waals surface area contributed by atoms with Crippen molar-refractivity contribution in [3.63, 3.8) is 0 Å². The average Bonchev–Trinajstić information content (AvgIpc) is 2.77. The SMILES string of the molecule is CCc1cnc(CN2CCCC(NC)C2)o1. The van der Waals surface area contributed by atoms with Crippen molar-refractivity contribution in [1.82, 2.24) is 15.2 Å². The first-order valence-electron chi connectivity index (χ1n) is 6.15. The lowest BCUT2D eigenvalue weighted by atomic mass is 10.1. The Bertz CT molecular complexity index is 324. The van der Waals surface area contributed by atoms with E-state index in [0.29, 0.717) is 6.04 Å². The number of likely N-dealkylation sites (tertiary alicyclic amines) is 1. The van der Waals surface area contributed by atoms with E-state index < -0.39 is 0 Å². The molecular weight excluding hydrogens is 202 g/mol. The van der Waals surface area contributed by atoms with E-state index >= 15 is 0 Å². The van der Waals surface area contributed by atoms with E-state index in [2.05, 4.69) is 22.1 Å². The van der Waals surface area contributed by atoms with Gasteiger partial charge in [-0.1, -0.05) is 6.92 Å². The second kappa shape index (κ2) is 5.46. The van der Waals surface area contributed by atoms with Crippen LogP contribution in [0.3, 0.4) is 0 Å². The molecule has 1 atom stereocenters. The summed E-state index contributed by atoms with van der Waals surface area (Å²) in [6.07, 6.45) is 5.30. The molecule has 0 spiro atoms. The molecule has 0 radical (unpaired) electrons. The molecule has 1 aliphatic heterocycles. The summed E-state index contributed by atoms with van der Waals surface area (Å²) in [5, 5.41) is 3.34. The summed E-state index contributed by atoms with van der Waals surface area (Å²) in [5.74, 6) is 1.84. The first-order chi connectivity index (χ1) is 7.81. The maximum Gasteiger partial charge on any atom is 0.208 e. The third-order valence-electron chi connectivity index (χ3n) is 3.22. The molecule has 1 N–H and O–H groups in total. The summed E-state index contributed by atoms with van der Waals surface area (Å²) in [6.45, 7) is 5.18. The first-order valence-corrected chi connectivity index (χ1v) is 6.15.